The van der Waals surface area contributed by atoms with Gasteiger partial charge in [0.1, 0.15) is 0 Å². The third kappa shape index (κ3) is 2.33. The molecule has 30 heavy (non-hydrogen) atoms. The number of nitrogens with zero attached hydrogens (tertiary/aromatic N) is 1. The highest BCUT2D eigenvalue weighted by atomic mass is 79.9. The topological polar surface area (TPSA) is 53.1 Å². The number of nitrogens with two attached hydrogens (primary N) is 1. The molecule has 144 valence electrons. The number of hydrogen-bond acceptors (Lipinski definition) is 1. The highest BCUT2D eigenvalue weighted by molar-refractivity contribution is 9.15. The van der Waals surface area contributed by atoms with Gasteiger partial charge in [-0.25, -0.2) is 0 Å². The summed E-state index contributed by atoms with van der Waals surface area (Å²) >= 11 is 7.50. The molecule has 4 aromatic carbocycles. The first-order valence-electron chi connectivity index (χ1n) is 9.55. The van der Waals surface area contributed by atoms with E-state index in [1.807, 2.05) is 4.90 Å². The average molecular weight is 517 g/mol. The average Bonchev–Trinajstić information content (AvgIpc) is 3.25. The molecule has 0 heterocycles. The molecule has 0 atom stereocenters. The first-order chi connectivity index (χ1) is 14.5. The molecule has 0 radical (unpaired) electrons. The Labute approximate surface area is 190 Å². The lowest BCUT2D eigenvalue weighted by Crippen LogP contribution is -2.33. The monoisotopic (exact) mass is 515 g/mol. The van der Waals surface area contributed by atoms with E-state index in [0.717, 1.165) is 31.5 Å². The van der Waals surface area contributed by atoms with Crippen LogP contribution in [0.3, 0.4) is 0 Å². The molecule has 2 aliphatic carbocycles. The third-order valence-electron chi connectivity index (χ3n) is 5.88. The number of benzene rings is 4. The fourth-order valence-corrected chi connectivity index (χ4v) is 5.99. The molecule has 0 bridgehead atoms. The van der Waals surface area contributed by atoms with Crippen molar-refractivity contribution in [2.45, 2.75) is 0 Å². The predicted molar refractivity (Wildman–Crippen MR) is 136 cm³/mol. The number of hydrogen-bond donors (Lipinski definition) is 2. The summed E-state index contributed by atoms with van der Waals surface area (Å²) in [7, 11) is 0. The van der Waals surface area contributed by atoms with Gasteiger partial charge in [-0.3, -0.25) is 10.3 Å². The largest absolute Gasteiger partial charge is 0.369 e. The van der Waals surface area contributed by atoms with E-state index in [9.17, 15) is 0 Å². The van der Waals surface area contributed by atoms with Crippen LogP contribution in [0.4, 0.5) is 11.4 Å². The molecule has 4 aromatic rings. The Bertz CT molecular complexity index is 1390. The zero-order valence-corrected chi connectivity index (χ0v) is 18.9. The minimum absolute atomic E-state index is 0.0180. The Balaban J connectivity index is 1.68. The quantitative estimate of drug-likeness (QED) is 0.215. The van der Waals surface area contributed by atoms with Crippen LogP contribution in [0.15, 0.2) is 60.7 Å². The van der Waals surface area contributed by atoms with Crippen molar-refractivity contribution in [3.8, 4) is 0 Å². The second-order valence-electron chi connectivity index (χ2n) is 7.52. The molecule has 0 unspecified atom stereocenters. The number of anilines is 2. The summed E-state index contributed by atoms with van der Waals surface area (Å²) in [6.45, 7) is 0. The molecule has 3 N–H and O–H groups in total. The molecule has 0 spiro atoms. The molecular weight excluding hydrogens is 502 g/mol. The van der Waals surface area contributed by atoms with E-state index in [-0.39, 0.29) is 5.96 Å². The molecule has 0 saturated heterocycles. The van der Waals surface area contributed by atoms with Crippen LogP contribution in [0.5, 0.6) is 0 Å². The lowest BCUT2D eigenvalue weighted by atomic mass is 9.99. The minimum atomic E-state index is -0.0180. The van der Waals surface area contributed by atoms with Crippen molar-refractivity contribution >= 4 is 91.9 Å². The van der Waals surface area contributed by atoms with Crippen molar-refractivity contribution in [3.05, 3.63) is 82.9 Å². The van der Waals surface area contributed by atoms with Gasteiger partial charge in [0, 0.05) is 20.1 Å². The number of nitrogens with one attached hydrogen (secondary N) is 1. The van der Waals surface area contributed by atoms with Crippen LogP contribution in [0.25, 0.3) is 42.7 Å². The van der Waals surface area contributed by atoms with Gasteiger partial charge in [-0.1, -0.05) is 80.4 Å². The number of rotatable bonds is 2. The van der Waals surface area contributed by atoms with Gasteiger partial charge in [0.15, 0.2) is 5.96 Å². The fraction of sp³-hybridized carbons (Fsp3) is 0. The number of guanidine groups is 1. The van der Waals surface area contributed by atoms with Crippen molar-refractivity contribution in [2.75, 3.05) is 4.90 Å². The third-order valence-corrected chi connectivity index (χ3v) is 7.13. The Kier molecular flexibility index (Phi) is 3.77. The van der Waals surface area contributed by atoms with Crippen LogP contribution in [0.1, 0.15) is 22.3 Å². The fourth-order valence-electron chi connectivity index (χ4n) is 4.70. The predicted octanol–water partition coefficient (Wildman–Crippen LogP) is 7.44. The lowest BCUT2D eigenvalue weighted by Gasteiger charge is -2.28. The van der Waals surface area contributed by atoms with Gasteiger partial charge in [0.2, 0.25) is 0 Å². The van der Waals surface area contributed by atoms with Gasteiger partial charge < -0.3 is 5.73 Å². The highest BCUT2D eigenvalue weighted by Crippen LogP contribution is 2.50. The van der Waals surface area contributed by atoms with Crippen LogP contribution in [-0.2, 0) is 0 Å². The molecule has 0 saturated carbocycles. The summed E-state index contributed by atoms with van der Waals surface area (Å²) in [6, 6.07) is 20.9. The Morgan fingerprint density at radius 2 is 1.17 bits per heavy atom. The normalized spacial score (nSPS) is 13.7. The van der Waals surface area contributed by atoms with Gasteiger partial charge >= 0.3 is 0 Å². The maximum atomic E-state index is 8.49. The molecule has 2 aliphatic rings. The zero-order valence-electron chi connectivity index (χ0n) is 15.7. The van der Waals surface area contributed by atoms with E-state index in [0.29, 0.717) is 0 Å². The highest BCUT2D eigenvalue weighted by Gasteiger charge is 2.28. The minimum Gasteiger partial charge on any atom is -0.369 e. The van der Waals surface area contributed by atoms with Crippen LogP contribution in [0.2, 0.25) is 0 Å². The zero-order chi connectivity index (χ0) is 20.6. The van der Waals surface area contributed by atoms with E-state index in [1.165, 1.54) is 32.7 Å². The molecule has 0 aliphatic heterocycles. The Morgan fingerprint density at radius 1 is 0.700 bits per heavy atom. The molecule has 0 aromatic heterocycles. The summed E-state index contributed by atoms with van der Waals surface area (Å²) in [4.78, 5) is 1.85. The van der Waals surface area contributed by atoms with Gasteiger partial charge in [-0.05, 0) is 57.0 Å². The van der Waals surface area contributed by atoms with E-state index in [4.69, 9.17) is 11.1 Å². The van der Waals surface area contributed by atoms with Crippen LogP contribution >= 0.6 is 31.9 Å². The van der Waals surface area contributed by atoms with Gasteiger partial charge in [-0.2, -0.15) is 0 Å². The molecule has 5 heteroatoms. The smallest absolute Gasteiger partial charge is 0.197 e. The van der Waals surface area contributed by atoms with Crippen molar-refractivity contribution in [2.24, 2.45) is 5.73 Å². The van der Waals surface area contributed by atoms with E-state index in [1.54, 1.807) is 0 Å². The van der Waals surface area contributed by atoms with Crippen LogP contribution in [0, 0.1) is 5.41 Å². The van der Waals surface area contributed by atoms with Gasteiger partial charge in [-0.15, -0.1) is 0 Å². The Morgan fingerprint density at radius 3 is 1.60 bits per heavy atom. The molecule has 3 nitrogen and oxygen atoms in total. The molecule has 0 amide bonds. The summed E-state index contributed by atoms with van der Waals surface area (Å²) in [5, 5.41) is 13.2. The molecular formula is C25H15Br2N3. The first-order valence-corrected chi connectivity index (χ1v) is 11.1. The number of halogens is 2. The summed E-state index contributed by atoms with van der Waals surface area (Å²) in [6.07, 6.45) is 4.26. The first kappa shape index (κ1) is 17.9. The summed E-state index contributed by atoms with van der Waals surface area (Å²) in [5.41, 5.74) is 12.5. The second-order valence-corrected chi connectivity index (χ2v) is 9.22. The standard InChI is InChI=1S/C25H15Br2N3/c26-17-11-15-5-1-3-13-7-9-19(23(17)21(13)15)30(25(28)29)20-10-8-14-4-2-6-16-12-18(27)24(20)22(14)16/h1-12H,(H3,28,29). The summed E-state index contributed by atoms with van der Waals surface area (Å²) in [5.74, 6) is -0.0180. The van der Waals surface area contributed by atoms with Gasteiger partial charge in [0.05, 0.1) is 11.4 Å². The molecule has 6 rings (SSSR count). The van der Waals surface area contributed by atoms with Crippen molar-refractivity contribution in [1.29, 1.82) is 5.41 Å². The van der Waals surface area contributed by atoms with E-state index in [2.05, 4.69) is 105 Å². The van der Waals surface area contributed by atoms with Crippen molar-refractivity contribution in [3.63, 3.8) is 0 Å². The lowest BCUT2D eigenvalue weighted by molar-refractivity contribution is 1.26. The van der Waals surface area contributed by atoms with E-state index < -0.39 is 0 Å². The van der Waals surface area contributed by atoms with Crippen LogP contribution < -0.4 is 10.6 Å². The SMILES string of the molecule is N=C(N)N(c1ccc2cccc3c2c1C(Br)=C3)c1ccc2cccc3c2c1C(Br)=C3. The van der Waals surface area contributed by atoms with Crippen molar-refractivity contribution in [1.82, 2.24) is 0 Å². The van der Waals surface area contributed by atoms with Crippen LogP contribution in [-0.4, -0.2) is 5.96 Å². The van der Waals surface area contributed by atoms with E-state index >= 15 is 0 Å². The maximum absolute atomic E-state index is 8.49. The molecule has 0 fully saturated rings. The van der Waals surface area contributed by atoms with Gasteiger partial charge in [0.25, 0.3) is 0 Å². The summed E-state index contributed by atoms with van der Waals surface area (Å²) < 4.78 is 2.01. The maximum Gasteiger partial charge on any atom is 0.197 e. The second kappa shape index (κ2) is 6.30. The Hall–Kier alpha value is -2.89. The van der Waals surface area contributed by atoms with Crippen molar-refractivity contribution < 1.29 is 0 Å².